The van der Waals surface area contributed by atoms with Gasteiger partial charge in [-0.05, 0) is 56.3 Å². The monoisotopic (exact) mass is 718 g/mol. The number of carboxylic acids is 1. The number of hydrogen-bond donors (Lipinski definition) is 3. The normalized spacial score (nSPS) is 23.9. The topological polar surface area (TPSA) is 145 Å². The van der Waals surface area contributed by atoms with Gasteiger partial charge in [-0.1, -0.05) is 42.0 Å². The fourth-order valence-electron chi connectivity index (χ4n) is 5.70. The van der Waals surface area contributed by atoms with Crippen LogP contribution in [-0.4, -0.2) is 101 Å². The Morgan fingerprint density at radius 1 is 1.06 bits per heavy atom. The number of nitrogens with one attached hydrogen (secondary N) is 2. The number of aliphatic carboxylic acids is 1. The van der Waals surface area contributed by atoms with Gasteiger partial charge in [-0.2, -0.15) is 13.2 Å². The zero-order chi connectivity index (χ0) is 35.1. The number of benzene rings is 2. The van der Waals surface area contributed by atoms with Gasteiger partial charge >= 0.3 is 12.1 Å². The number of fused-ring (bicyclic) bond motifs is 3. The molecule has 1 spiro atoms. The van der Waals surface area contributed by atoms with Crippen LogP contribution in [0, 0.1) is 5.41 Å². The number of halogens is 5. The number of piperidine rings is 1. The Kier molecular flexibility index (Phi) is 12.1. The molecule has 0 saturated carbocycles. The lowest BCUT2D eigenvalue weighted by atomic mass is 9.78. The first kappa shape index (κ1) is 37.1. The highest BCUT2D eigenvalue weighted by Gasteiger charge is 2.47. The molecule has 0 aliphatic carbocycles. The summed E-state index contributed by atoms with van der Waals surface area (Å²) in [6, 6.07) is 12.1. The Labute approximate surface area is 279 Å². The number of anilines is 1. The van der Waals surface area contributed by atoms with E-state index in [9.17, 15) is 35.6 Å². The maximum atomic E-state index is 14.6. The fraction of sp³-hybridized carbons (Fsp3) is 0.452. The van der Waals surface area contributed by atoms with Crippen molar-refractivity contribution < 1.29 is 50.2 Å². The first-order valence-electron chi connectivity index (χ1n) is 15.0. The summed E-state index contributed by atoms with van der Waals surface area (Å²) in [5, 5.41) is 13.2. The van der Waals surface area contributed by atoms with E-state index in [0.717, 1.165) is 0 Å². The molecule has 0 aromatic heterocycles. The molecule has 17 heteroatoms. The summed E-state index contributed by atoms with van der Waals surface area (Å²) in [7, 11) is -4.18. The third-order valence-electron chi connectivity index (χ3n) is 8.22. The Morgan fingerprint density at radius 3 is 2.38 bits per heavy atom. The van der Waals surface area contributed by atoms with Gasteiger partial charge in [-0.3, -0.25) is 13.9 Å². The number of rotatable bonds is 1. The molecule has 2 aromatic rings. The van der Waals surface area contributed by atoms with E-state index in [0.29, 0.717) is 31.6 Å². The van der Waals surface area contributed by atoms with Crippen LogP contribution >= 0.6 is 11.6 Å². The highest BCUT2D eigenvalue weighted by molar-refractivity contribution is 7.93. The SMILES string of the molecule is O=C(O)C(F)(F)F.O=C1NC[C@@H]2C[C@H](F)CN2C(=O)C2(CCNCC2)COC/C=C\CN(c2ccccc2)S(=O)(=O)c2cc1ccc2Cl. The van der Waals surface area contributed by atoms with Gasteiger partial charge in [-0.25, -0.2) is 17.6 Å². The summed E-state index contributed by atoms with van der Waals surface area (Å²) in [6.07, 6.45) is -1.68. The van der Waals surface area contributed by atoms with Gasteiger partial charge in [0.2, 0.25) is 5.91 Å². The number of hydrogen-bond acceptors (Lipinski definition) is 7. The molecule has 0 unspecified atom stereocenters. The summed E-state index contributed by atoms with van der Waals surface area (Å²) >= 11 is 6.36. The molecule has 0 radical (unpaired) electrons. The third-order valence-corrected chi connectivity index (χ3v) is 10.5. The predicted molar refractivity (Wildman–Crippen MR) is 168 cm³/mol. The van der Waals surface area contributed by atoms with Crippen LogP contribution in [0.5, 0.6) is 0 Å². The van der Waals surface area contributed by atoms with Gasteiger partial charge in [-0.15, -0.1) is 0 Å². The standard InChI is InChI=1S/C29H34ClFN4O5S.C2HF3O2/c30-25-9-8-21-16-26(25)41(38,39)35(23-6-2-1-3-7-23)14-4-5-15-40-20-29(10-12-32-13-11-29)28(37)34-19-22(31)17-24(34)18-33-27(21)36;3-2(4,5)1(6)7/h1-9,16,22,24,32H,10-15,17-20H2,(H,33,36);(H,6,7)/b5-4-;/t22-,24-;/m0./s1. The molecular formula is C31H35ClF4N4O7S. The van der Waals surface area contributed by atoms with Gasteiger partial charge in [0.25, 0.3) is 15.9 Å². The number of para-hydroxylation sites is 1. The van der Waals surface area contributed by atoms with Crippen LogP contribution in [-0.2, 0) is 24.3 Å². The van der Waals surface area contributed by atoms with Crippen molar-refractivity contribution in [3.8, 4) is 0 Å². The zero-order valence-corrected chi connectivity index (χ0v) is 27.2. The molecule has 5 rings (SSSR count). The summed E-state index contributed by atoms with van der Waals surface area (Å²) in [6.45, 7) is 1.60. The van der Waals surface area contributed by atoms with Crippen molar-refractivity contribution in [3.05, 3.63) is 71.3 Å². The number of carbonyl (C=O) groups excluding carboxylic acids is 2. The van der Waals surface area contributed by atoms with E-state index >= 15 is 0 Å². The summed E-state index contributed by atoms with van der Waals surface area (Å²) < 4.78 is 81.4. The van der Waals surface area contributed by atoms with Gasteiger partial charge in [0.15, 0.2) is 0 Å². The molecule has 2 aromatic carbocycles. The van der Waals surface area contributed by atoms with Crippen molar-refractivity contribution in [2.24, 2.45) is 5.41 Å². The number of ether oxygens (including phenoxy) is 1. The summed E-state index contributed by atoms with van der Waals surface area (Å²) in [5.41, 5.74) is -0.283. The molecule has 2 fully saturated rings. The molecule has 3 N–H and O–H groups in total. The van der Waals surface area contributed by atoms with Crippen molar-refractivity contribution in [2.45, 2.75) is 42.5 Å². The van der Waals surface area contributed by atoms with Crippen LogP contribution in [0.3, 0.4) is 0 Å². The number of sulfonamides is 1. The van der Waals surface area contributed by atoms with Crippen molar-refractivity contribution in [1.82, 2.24) is 15.5 Å². The van der Waals surface area contributed by atoms with Gasteiger partial charge in [0.05, 0.1) is 48.5 Å². The minimum absolute atomic E-state index is 0.0101. The Balaban J connectivity index is 0.000000671. The van der Waals surface area contributed by atoms with E-state index in [4.69, 9.17) is 26.2 Å². The quantitative estimate of drug-likeness (QED) is 0.299. The second-order valence-corrected chi connectivity index (χ2v) is 13.7. The van der Waals surface area contributed by atoms with Crippen LogP contribution in [0.15, 0.2) is 65.6 Å². The lowest BCUT2D eigenvalue weighted by Gasteiger charge is -2.40. The molecule has 2 amide bonds. The molecule has 2 bridgehead atoms. The average molecular weight is 719 g/mol. The van der Waals surface area contributed by atoms with Crippen LogP contribution in [0.25, 0.3) is 0 Å². The lowest BCUT2D eigenvalue weighted by molar-refractivity contribution is -0.192. The minimum Gasteiger partial charge on any atom is -0.475 e. The second kappa shape index (κ2) is 15.7. The van der Waals surface area contributed by atoms with E-state index < -0.39 is 45.7 Å². The molecular weight excluding hydrogens is 684 g/mol. The molecule has 2 atom stereocenters. The third kappa shape index (κ3) is 8.84. The van der Waals surface area contributed by atoms with Crippen molar-refractivity contribution in [3.63, 3.8) is 0 Å². The summed E-state index contributed by atoms with van der Waals surface area (Å²) in [4.78, 5) is 37.3. The Bertz CT molecular complexity index is 1610. The predicted octanol–water partition coefficient (Wildman–Crippen LogP) is 3.79. The van der Waals surface area contributed by atoms with Gasteiger partial charge in [0.1, 0.15) is 11.1 Å². The molecule has 2 saturated heterocycles. The molecule has 3 heterocycles. The average Bonchev–Trinajstić information content (AvgIpc) is 3.43. The highest BCUT2D eigenvalue weighted by atomic mass is 35.5. The first-order chi connectivity index (χ1) is 22.7. The molecule has 11 nitrogen and oxygen atoms in total. The Morgan fingerprint density at radius 2 is 1.73 bits per heavy atom. The van der Waals surface area contributed by atoms with Crippen molar-refractivity contribution >= 4 is 45.1 Å². The maximum Gasteiger partial charge on any atom is 0.490 e. The first-order valence-corrected chi connectivity index (χ1v) is 16.8. The van der Waals surface area contributed by atoms with E-state index in [2.05, 4.69) is 10.6 Å². The maximum absolute atomic E-state index is 14.6. The van der Waals surface area contributed by atoms with E-state index in [1.165, 1.54) is 22.5 Å². The number of amides is 2. The van der Waals surface area contributed by atoms with Crippen molar-refractivity contribution in [2.75, 3.05) is 50.2 Å². The fourth-order valence-corrected chi connectivity index (χ4v) is 7.62. The van der Waals surface area contributed by atoms with E-state index in [1.807, 2.05) is 0 Å². The minimum atomic E-state index is -5.08. The van der Waals surface area contributed by atoms with Gasteiger partial charge < -0.3 is 25.4 Å². The lowest BCUT2D eigenvalue weighted by Crippen LogP contribution is -2.54. The van der Waals surface area contributed by atoms with Crippen LogP contribution in [0.1, 0.15) is 29.6 Å². The Hall–Kier alpha value is -3.73. The molecule has 3 aliphatic heterocycles. The van der Waals surface area contributed by atoms with E-state index in [1.54, 1.807) is 47.4 Å². The van der Waals surface area contributed by atoms with Gasteiger partial charge in [0, 0.05) is 18.5 Å². The second-order valence-electron chi connectivity index (χ2n) is 11.5. The van der Waals surface area contributed by atoms with Crippen LogP contribution in [0.2, 0.25) is 5.02 Å². The van der Waals surface area contributed by atoms with E-state index in [-0.39, 0.29) is 60.7 Å². The largest absolute Gasteiger partial charge is 0.490 e. The van der Waals surface area contributed by atoms with Crippen LogP contribution < -0.4 is 14.9 Å². The zero-order valence-electron chi connectivity index (χ0n) is 25.6. The number of carbonyl (C=O) groups is 3. The molecule has 3 aliphatic rings. The number of alkyl halides is 4. The summed E-state index contributed by atoms with van der Waals surface area (Å²) in [5.74, 6) is -3.45. The highest BCUT2D eigenvalue weighted by Crippen LogP contribution is 2.35. The molecule has 48 heavy (non-hydrogen) atoms. The smallest absolute Gasteiger partial charge is 0.475 e. The van der Waals surface area contributed by atoms with Crippen molar-refractivity contribution in [1.29, 1.82) is 0 Å². The van der Waals surface area contributed by atoms with Crippen LogP contribution in [0.4, 0.5) is 23.2 Å². The number of nitrogens with zero attached hydrogens (tertiary/aromatic N) is 2. The number of carboxylic acid groups (broad SMARTS) is 1. The molecule has 262 valence electrons.